The third-order valence-electron chi connectivity index (χ3n) is 3.85. The van der Waals surface area contributed by atoms with Gasteiger partial charge in [-0.1, -0.05) is 11.6 Å². The third-order valence-corrected chi connectivity index (χ3v) is 4.11. The number of rotatable bonds is 3. The van der Waals surface area contributed by atoms with Crippen molar-refractivity contribution in [3.05, 3.63) is 63.7 Å². The Hall–Kier alpha value is -2.58. The van der Waals surface area contributed by atoms with Crippen LogP contribution < -0.4 is 5.56 Å². The van der Waals surface area contributed by atoms with E-state index in [2.05, 4.69) is 4.98 Å². The second-order valence-electron chi connectivity index (χ2n) is 5.57. The molecule has 5 nitrogen and oxygen atoms in total. The lowest BCUT2D eigenvalue weighted by Gasteiger charge is -2.22. The van der Waals surface area contributed by atoms with E-state index in [1.54, 1.807) is 0 Å². The van der Waals surface area contributed by atoms with Crippen LogP contribution in [0.25, 0.3) is 16.6 Å². The zero-order chi connectivity index (χ0) is 19.1. The molecule has 2 N–H and O–H groups in total. The fraction of sp³-hybridized carbons (Fsp3) is 0.176. The predicted molar refractivity (Wildman–Crippen MR) is 89.9 cm³/mol. The molecule has 0 fully saturated rings. The van der Waals surface area contributed by atoms with E-state index in [4.69, 9.17) is 11.6 Å². The molecular formula is C17H12ClF3N2O3. The number of alkyl halides is 3. The Morgan fingerprint density at radius 3 is 2.38 bits per heavy atom. The first-order chi connectivity index (χ1) is 12.2. The summed E-state index contributed by atoms with van der Waals surface area (Å²) < 4.78 is 41.0. The van der Waals surface area contributed by atoms with E-state index >= 15 is 0 Å². The van der Waals surface area contributed by atoms with E-state index in [0.717, 1.165) is 10.6 Å². The van der Waals surface area contributed by atoms with Crippen LogP contribution in [0.3, 0.4) is 0 Å². The highest BCUT2D eigenvalue weighted by Crippen LogP contribution is 2.34. The monoisotopic (exact) mass is 384 g/mol. The molecule has 0 saturated heterocycles. The highest BCUT2D eigenvalue weighted by atomic mass is 35.5. The van der Waals surface area contributed by atoms with Gasteiger partial charge in [-0.15, -0.1) is 0 Å². The molecule has 9 heteroatoms. The molecule has 0 aliphatic heterocycles. The van der Waals surface area contributed by atoms with Crippen LogP contribution in [0.15, 0.2) is 47.3 Å². The molecule has 1 unspecified atom stereocenters. The van der Waals surface area contributed by atoms with Crippen LogP contribution in [0.4, 0.5) is 13.2 Å². The number of halogens is 4. The van der Waals surface area contributed by atoms with Crippen molar-refractivity contribution in [2.75, 3.05) is 6.61 Å². The number of benzene rings is 2. The first-order valence-electron chi connectivity index (χ1n) is 7.41. The normalized spacial score (nSPS) is 13.1. The van der Waals surface area contributed by atoms with E-state index < -0.39 is 30.1 Å². The van der Waals surface area contributed by atoms with Gasteiger partial charge in [0.25, 0.3) is 5.56 Å². The lowest BCUT2D eigenvalue weighted by molar-refractivity contribution is -0.160. The second-order valence-corrected chi connectivity index (χ2v) is 6.00. The van der Waals surface area contributed by atoms with Gasteiger partial charge < -0.3 is 10.2 Å². The van der Waals surface area contributed by atoms with Gasteiger partial charge in [0.2, 0.25) is 0 Å². The molecule has 0 bridgehead atoms. The van der Waals surface area contributed by atoms with Gasteiger partial charge >= 0.3 is 6.18 Å². The molecule has 1 atom stereocenters. The van der Waals surface area contributed by atoms with Gasteiger partial charge in [-0.05, 0) is 36.4 Å². The average Bonchev–Trinajstić information content (AvgIpc) is 2.55. The maximum absolute atomic E-state index is 13.4. The summed E-state index contributed by atoms with van der Waals surface area (Å²) in [6.45, 7) is -1.28. The maximum atomic E-state index is 13.4. The van der Waals surface area contributed by atoms with Crippen molar-refractivity contribution in [2.24, 2.45) is 0 Å². The van der Waals surface area contributed by atoms with Crippen molar-refractivity contribution in [3.8, 4) is 11.4 Å². The van der Waals surface area contributed by atoms with E-state index in [1.165, 1.54) is 36.4 Å². The molecule has 0 spiro atoms. The summed E-state index contributed by atoms with van der Waals surface area (Å²) >= 11 is 5.80. The minimum Gasteiger partial charge on any atom is -0.508 e. The van der Waals surface area contributed by atoms with E-state index in [0.29, 0.717) is 5.02 Å². The SMILES string of the molecule is O=c1c2ccc(O)cc2nc(C(CO)C(F)(F)F)n1-c1ccc(Cl)cc1. The minimum absolute atomic E-state index is 0.0281. The van der Waals surface area contributed by atoms with Gasteiger partial charge in [0.15, 0.2) is 0 Å². The summed E-state index contributed by atoms with van der Waals surface area (Å²) in [5.41, 5.74) is -0.729. The number of phenols is 1. The highest BCUT2D eigenvalue weighted by molar-refractivity contribution is 6.30. The van der Waals surface area contributed by atoms with Crippen LogP contribution in [0.1, 0.15) is 11.7 Å². The van der Waals surface area contributed by atoms with E-state index in [9.17, 15) is 28.2 Å². The fourth-order valence-corrected chi connectivity index (χ4v) is 2.72. The standard InChI is InChI=1S/C17H12ClF3N2O3/c18-9-1-3-10(4-2-9)23-15(13(8-24)17(19,20)21)22-14-7-11(25)5-6-12(14)16(23)26/h1-7,13,24-25H,8H2. The summed E-state index contributed by atoms with van der Waals surface area (Å²) in [5, 5.41) is 19.2. The fourth-order valence-electron chi connectivity index (χ4n) is 2.60. The van der Waals surface area contributed by atoms with E-state index in [1.807, 2.05) is 0 Å². The van der Waals surface area contributed by atoms with Gasteiger partial charge in [-0.25, -0.2) is 4.98 Å². The smallest absolute Gasteiger partial charge is 0.400 e. The van der Waals surface area contributed by atoms with Crippen LogP contribution in [-0.2, 0) is 0 Å². The number of fused-ring (bicyclic) bond motifs is 1. The number of hydrogen-bond acceptors (Lipinski definition) is 4. The van der Waals surface area contributed by atoms with Crippen molar-refractivity contribution in [1.82, 2.24) is 9.55 Å². The molecule has 26 heavy (non-hydrogen) atoms. The molecule has 3 aromatic rings. The van der Waals surface area contributed by atoms with Gasteiger partial charge in [0.05, 0.1) is 23.2 Å². The quantitative estimate of drug-likeness (QED) is 0.726. The van der Waals surface area contributed by atoms with Crippen molar-refractivity contribution in [1.29, 1.82) is 0 Å². The van der Waals surface area contributed by atoms with Crippen LogP contribution in [0.2, 0.25) is 5.02 Å². The zero-order valence-electron chi connectivity index (χ0n) is 13.0. The predicted octanol–water partition coefficient (Wildman–Crippen LogP) is 3.38. The lowest BCUT2D eigenvalue weighted by atomic mass is 10.1. The summed E-state index contributed by atoms with van der Waals surface area (Å²) in [6, 6.07) is 9.23. The molecule has 1 aromatic heterocycles. The summed E-state index contributed by atoms with van der Waals surface area (Å²) in [5.74, 6) is -3.30. The van der Waals surface area contributed by atoms with Crippen LogP contribution >= 0.6 is 11.6 Å². The van der Waals surface area contributed by atoms with E-state index in [-0.39, 0.29) is 22.3 Å². The van der Waals surface area contributed by atoms with Crippen LogP contribution in [-0.4, -0.2) is 32.5 Å². The molecule has 2 aromatic carbocycles. The van der Waals surface area contributed by atoms with Gasteiger partial charge in [-0.2, -0.15) is 13.2 Å². The highest BCUT2D eigenvalue weighted by Gasteiger charge is 2.43. The Kier molecular flexibility index (Phi) is 4.64. The minimum atomic E-state index is -4.83. The molecular weight excluding hydrogens is 373 g/mol. The number of aromatic hydroxyl groups is 1. The third kappa shape index (κ3) is 3.25. The Labute approximate surface area is 149 Å². The Balaban J connectivity index is 2.41. The molecule has 0 aliphatic carbocycles. The Morgan fingerprint density at radius 1 is 1.15 bits per heavy atom. The second kappa shape index (κ2) is 6.62. The number of aromatic nitrogens is 2. The Morgan fingerprint density at radius 2 is 1.81 bits per heavy atom. The number of nitrogens with zero attached hydrogens (tertiary/aromatic N) is 2. The Bertz CT molecular complexity index is 1020. The molecule has 0 amide bonds. The van der Waals surface area contributed by atoms with Crippen LogP contribution in [0, 0.1) is 0 Å². The van der Waals surface area contributed by atoms with Gasteiger partial charge in [0, 0.05) is 11.1 Å². The molecule has 3 rings (SSSR count). The van der Waals surface area contributed by atoms with Crippen molar-refractivity contribution >= 4 is 22.5 Å². The zero-order valence-corrected chi connectivity index (χ0v) is 13.8. The number of phenolic OH excluding ortho intramolecular Hbond substituents is 1. The number of aliphatic hydroxyl groups excluding tert-OH is 1. The first-order valence-corrected chi connectivity index (χ1v) is 7.79. The van der Waals surface area contributed by atoms with Crippen LogP contribution in [0.5, 0.6) is 5.75 Å². The molecule has 0 aliphatic rings. The molecule has 136 valence electrons. The molecule has 0 radical (unpaired) electrons. The molecule has 1 heterocycles. The first kappa shape index (κ1) is 18.2. The van der Waals surface area contributed by atoms with Crippen molar-refractivity contribution in [3.63, 3.8) is 0 Å². The van der Waals surface area contributed by atoms with Crippen molar-refractivity contribution < 1.29 is 23.4 Å². The lowest BCUT2D eigenvalue weighted by Crippen LogP contribution is -2.33. The largest absolute Gasteiger partial charge is 0.508 e. The number of aliphatic hydroxyl groups is 1. The van der Waals surface area contributed by atoms with Gasteiger partial charge in [-0.3, -0.25) is 9.36 Å². The average molecular weight is 385 g/mol. The summed E-state index contributed by atoms with van der Waals surface area (Å²) in [6.07, 6.45) is -4.83. The maximum Gasteiger partial charge on any atom is 0.400 e. The summed E-state index contributed by atoms with van der Waals surface area (Å²) in [7, 11) is 0. The topological polar surface area (TPSA) is 75.3 Å². The molecule has 0 saturated carbocycles. The summed E-state index contributed by atoms with van der Waals surface area (Å²) in [4.78, 5) is 16.8. The number of hydrogen-bond donors (Lipinski definition) is 2. The van der Waals surface area contributed by atoms with Gasteiger partial charge in [0.1, 0.15) is 17.5 Å². The van der Waals surface area contributed by atoms with Crippen molar-refractivity contribution in [2.45, 2.75) is 12.1 Å².